The second-order valence-corrected chi connectivity index (χ2v) is 10.2. The molecule has 2 aromatic carbocycles. The van der Waals surface area contributed by atoms with E-state index in [1.165, 1.54) is 0 Å². The van der Waals surface area contributed by atoms with Crippen molar-refractivity contribution in [2.24, 2.45) is 0 Å². The maximum Gasteiger partial charge on any atom is 0.338 e. The van der Waals surface area contributed by atoms with Gasteiger partial charge in [-0.15, -0.1) is 13.2 Å². The summed E-state index contributed by atoms with van der Waals surface area (Å²) in [7, 11) is 0. The predicted molar refractivity (Wildman–Crippen MR) is 143 cm³/mol. The summed E-state index contributed by atoms with van der Waals surface area (Å²) in [6.45, 7) is 15.5. The van der Waals surface area contributed by atoms with E-state index in [1.54, 1.807) is 48.5 Å². The number of carbonyl (C=O) groups is 2. The Labute approximate surface area is 220 Å². The first-order chi connectivity index (χ1) is 17.6. The molecule has 4 atom stereocenters. The summed E-state index contributed by atoms with van der Waals surface area (Å²) >= 11 is 0. The van der Waals surface area contributed by atoms with Crippen LogP contribution in [-0.2, 0) is 18.9 Å². The lowest BCUT2D eigenvalue weighted by molar-refractivity contribution is -0.161. The van der Waals surface area contributed by atoms with Gasteiger partial charge in [0.2, 0.25) is 0 Å². The lowest BCUT2D eigenvalue weighted by Crippen LogP contribution is -2.46. The minimum absolute atomic E-state index is 0.445. The van der Waals surface area contributed by atoms with Crippen molar-refractivity contribution in [3.63, 3.8) is 0 Å². The quantitative estimate of drug-likeness (QED) is 0.236. The van der Waals surface area contributed by atoms with E-state index in [4.69, 9.17) is 18.9 Å². The minimum Gasteiger partial charge on any atom is -0.456 e. The van der Waals surface area contributed by atoms with Gasteiger partial charge in [0.15, 0.2) is 5.79 Å². The Morgan fingerprint density at radius 2 is 1.11 bits per heavy atom. The van der Waals surface area contributed by atoms with E-state index in [-0.39, 0.29) is 0 Å². The Morgan fingerprint density at radius 3 is 1.43 bits per heavy atom. The highest BCUT2D eigenvalue weighted by atomic mass is 16.8. The second kappa shape index (κ2) is 12.8. The van der Waals surface area contributed by atoms with Crippen LogP contribution in [0.5, 0.6) is 0 Å². The van der Waals surface area contributed by atoms with E-state index in [1.807, 2.05) is 39.8 Å². The predicted octanol–water partition coefficient (Wildman–Crippen LogP) is 6.67. The molecule has 1 aliphatic heterocycles. The first-order valence-corrected chi connectivity index (χ1v) is 12.7. The van der Waals surface area contributed by atoms with Gasteiger partial charge in [0.1, 0.15) is 24.4 Å². The van der Waals surface area contributed by atoms with E-state index in [9.17, 15) is 9.59 Å². The van der Waals surface area contributed by atoms with Crippen molar-refractivity contribution in [2.45, 2.75) is 83.6 Å². The molecule has 2 aromatic rings. The van der Waals surface area contributed by atoms with Crippen molar-refractivity contribution in [3.05, 3.63) is 96.1 Å². The topological polar surface area (TPSA) is 71.1 Å². The maximum atomic E-state index is 13.0. The number of carbonyl (C=O) groups excluding carboxylic acids is 2. The third-order valence-electron chi connectivity index (χ3n) is 6.14. The molecule has 198 valence electrons. The van der Waals surface area contributed by atoms with Crippen molar-refractivity contribution < 1.29 is 28.5 Å². The lowest BCUT2D eigenvalue weighted by atomic mass is 9.95. The van der Waals surface area contributed by atoms with Crippen LogP contribution in [0.4, 0.5) is 0 Å². The van der Waals surface area contributed by atoms with Crippen LogP contribution in [-0.4, -0.2) is 42.1 Å². The van der Waals surface area contributed by atoms with Crippen molar-refractivity contribution >= 4 is 11.9 Å². The second-order valence-electron chi connectivity index (χ2n) is 10.2. The summed E-state index contributed by atoms with van der Waals surface area (Å²) in [4.78, 5) is 26.1. The molecule has 0 unspecified atom stereocenters. The summed E-state index contributed by atoms with van der Waals surface area (Å²) in [5.41, 5.74) is 2.83. The molecule has 6 nitrogen and oxygen atoms in total. The first-order valence-electron chi connectivity index (χ1n) is 12.7. The highest BCUT2D eigenvalue weighted by Gasteiger charge is 2.50. The van der Waals surface area contributed by atoms with Crippen LogP contribution >= 0.6 is 0 Å². The molecule has 0 spiro atoms. The zero-order valence-electron chi connectivity index (χ0n) is 22.3. The van der Waals surface area contributed by atoms with Crippen LogP contribution < -0.4 is 0 Å². The summed E-state index contributed by atoms with van der Waals surface area (Å²) in [6.07, 6.45) is -0.317. The first kappa shape index (κ1) is 28.4. The van der Waals surface area contributed by atoms with Gasteiger partial charge in [0.25, 0.3) is 0 Å². The molecular formula is C31H38O6. The molecule has 1 fully saturated rings. The third kappa shape index (κ3) is 8.41. The molecule has 0 aliphatic carbocycles. The number of esters is 2. The fourth-order valence-electron chi connectivity index (χ4n) is 4.31. The summed E-state index contributed by atoms with van der Waals surface area (Å²) < 4.78 is 24.7. The fourth-order valence-corrected chi connectivity index (χ4v) is 4.31. The van der Waals surface area contributed by atoms with E-state index >= 15 is 0 Å². The van der Waals surface area contributed by atoms with Crippen LogP contribution in [0.15, 0.2) is 85.0 Å². The van der Waals surface area contributed by atoms with Gasteiger partial charge in [-0.05, 0) is 77.6 Å². The van der Waals surface area contributed by atoms with Crippen LogP contribution in [0.2, 0.25) is 0 Å². The molecule has 0 aromatic heterocycles. The molecule has 1 aliphatic rings. The number of benzene rings is 2. The Bertz CT molecular complexity index is 990. The number of ether oxygens (including phenoxy) is 4. The van der Waals surface area contributed by atoms with E-state index < -0.39 is 42.1 Å². The van der Waals surface area contributed by atoms with E-state index in [0.717, 1.165) is 11.1 Å². The number of hydrogen-bond acceptors (Lipinski definition) is 6. The van der Waals surface area contributed by atoms with Gasteiger partial charge in [-0.2, -0.15) is 0 Å². The van der Waals surface area contributed by atoms with Crippen LogP contribution in [0.3, 0.4) is 0 Å². The molecular weight excluding hydrogens is 468 g/mol. The Morgan fingerprint density at radius 1 is 0.757 bits per heavy atom. The monoisotopic (exact) mass is 506 g/mol. The zero-order valence-corrected chi connectivity index (χ0v) is 22.3. The highest BCUT2D eigenvalue weighted by molar-refractivity contribution is 5.90. The number of rotatable bonds is 12. The molecule has 6 heteroatoms. The average molecular weight is 507 g/mol. The van der Waals surface area contributed by atoms with Crippen LogP contribution in [0, 0.1) is 0 Å². The maximum absolute atomic E-state index is 13.0. The van der Waals surface area contributed by atoms with Gasteiger partial charge in [-0.3, -0.25) is 0 Å². The SMILES string of the molecule is C=C(C)CC[C@@H](OC(=O)c1ccccc1)[C@H]1OC(C)(C)O[C@@H]1[C@@H](CCC(=C)C)OC(=O)c1ccccc1. The van der Waals surface area contributed by atoms with E-state index in [2.05, 4.69) is 13.2 Å². The Hall–Kier alpha value is -3.22. The average Bonchev–Trinajstić information content (AvgIpc) is 3.19. The molecule has 0 amide bonds. The van der Waals surface area contributed by atoms with Crippen LogP contribution in [0.1, 0.15) is 74.1 Å². The zero-order chi connectivity index (χ0) is 27.0. The van der Waals surface area contributed by atoms with Gasteiger partial charge in [0.05, 0.1) is 11.1 Å². The van der Waals surface area contributed by atoms with Crippen molar-refractivity contribution in [3.8, 4) is 0 Å². The van der Waals surface area contributed by atoms with Gasteiger partial charge in [-0.25, -0.2) is 9.59 Å². The smallest absolute Gasteiger partial charge is 0.338 e. The molecule has 0 saturated carbocycles. The molecule has 0 N–H and O–H groups in total. The van der Waals surface area contributed by atoms with Crippen molar-refractivity contribution in [1.29, 1.82) is 0 Å². The summed E-state index contributed by atoms with van der Waals surface area (Å²) in [5, 5.41) is 0. The third-order valence-corrected chi connectivity index (χ3v) is 6.14. The molecule has 1 heterocycles. The largest absolute Gasteiger partial charge is 0.456 e. The fraction of sp³-hybridized carbons (Fsp3) is 0.419. The normalized spacial score (nSPS) is 20.0. The summed E-state index contributed by atoms with van der Waals surface area (Å²) in [6, 6.07) is 17.7. The molecule has 0 bridgehead atoms. The number of allylic oxidation sites excluding steroid dienone is 2. The highest BCUT2D eigenvalue weighted by Crippen LogP contribution is 2.37. The minimum atomic E-state index is -0.962. The van der Waals surface area contributed by atoms with Crippen molar-refractivity contribution in [2.75, 3.05) is 0 Å². The molecule has 3 rings (SSSR count). The van der Waals surface area contributed by atoms with Gasteiger partial charge < -0.3 is 18.9 Å². The van der Waals surface area contributed by atoms with Gasteiger partial charge in [-0.1, -0.05) is 47.5 Å². The Balaban J connectivity index is 1.90. The summed E-state index contributed by atoms with van der Waals surface area (Å²) in [5.74, 6) is -1.85. The van der Waals surface area contributed by atoms with Crippen molar-refractivity contribution in [1.82, 2.24) is 0 Å². The Kier molecular flexibility index (Phi) is 9.84. The van der Waals surface area contributed by atoms with Gasteiger partial charge in [0, 0.05) is 0 Å². The molecule has 37 heavy (non-hydrogen) atoms. The molecule has 0 radical (unpaired) electrons. The van der Waals surface area contributed by atoms with E-state index in [0.29, 0.717) is 36.8 Å². The van der Waals surface area contributed by atoms with Gasteiger partial charge >= 0.3 is 11.9 Å². The lowest BCUT2D eigenvalue weighted by Gasteiger charge is -2.31. The number of hydrogen-bond donors (Lipinski definition) is 0. The molecule has 1 saturated heterocycles. The standard InChI is InChI=1S/C31H38O6/c1-21(2)17-19-25(34-29(32)23-13-9-7-10-14-23)27-28(37-31(5,6)36-27)26(20-18-22(3)4)35-30(33)24-15-11-8-12-16-24/h7-16,25-28H,1,3,17-20H2,2,4-6H3/t25-,26-,27-,28-/m1/s1. The van der Waals surface area contributed by atoms with Crippen LogP contribution in [0.25, 0.3) is 0 Å².